The number of thiophene rings is 1. The summed E-state index contributed by atoms with van der Waals surface area (Å²) in [5.41, 5.74) is 0.955. The Morgan fingerprint density at radius 2 is 2.30 bits per heavy atom. The fourth-order valence-electron chi connectivity index (χ4n) is 2.32. The Kier molecular flexibility index (Phi) is 4.18. The Labute approximate surface area is 142 Å². The van der Waals surface area contributed by atoms with Crippen LogP contribution in [0.15, 0.2) is 18.2 Å². The lowest BCUT2D eigenvalue weighted by molar-refractivity contribution is 0.0953. The van der Waals surface area contributed by atoms with E-state index in [0.717, 1.165) is 21.4 Å². The molecule has 0 spiro atoms. The number of hydrogen-bond acceptors (Lipinski definition) is 5. The highest BCUT2D eigenvalue weighted by atomic mass is 32.1. The van der Waals surface area contributed by atoms with Gasteiger partial charge in [0.2, 0.25) is 0 Å². The van der Waals surface area contributed by atoms with E-state index in [4.69, 9.17) is 17.0 Å². The first-order chi connectivity index (χ1) is 11.0. The van der Waals surface area contributed by atoms with Crippen LogP contribution in [0, 0.1) is 11.7 Å². The molecule has 0 saturated heterocycles. The second kappa shape index (κ2) is 6.13. The smallest absolute Gasteiger partial charge is 0.262 e. The monoisotopic (exact) mass is 348 g/mol. The molecule has 3 aromatic rings. The fraction of sp³-hybridized carbons (Fsp3) is 0.267. The highest BCUT2D eigenvalue weighted by Gasteiger charge is 2.16. The lowest BCUT2D eigenvalue weighted by Crippen LogP contribution is -2.24. The minimum Gasteiger partial charge on any atom is -0.497 e. The van der Waals surface area contributed by atoms with Gasteiger partial charge in [-0.05, 0) is 48.3 Å². The predicted octanol–water partition coefficient (Wildman–Crippen LogP) is 2.94. The predicted molar refractivity (Wildman–Crippen MR) is 92.7 cm³/mol. The third-order valence-corrected chi connectivity index (χ3v) is 5.37. The number of benzene rings is 1. The summed E-state index contributed by atoms with van der Waals surface area (Å²) in [6.07, 6.45) is 0. The van der Waals surface area contributed by atoms with E-state index in [9.17, 15) is 4.79 Å². The number of rotatable bonds is 4. The molecule has 1 amide bonds. The second-order valence-corrected chi connectivity index (χ2v) is 6.54. The maximum atomic E-state index is 12.5. The summed E-state index contributed by atoms with van der Waals surface area (Å²) < 4.78 is 8.57. The van der Waals surface area contributed by atoms with Crippen molar-refractivity contribution in [2.75, 3.05) is 7.11 Å². The SMILES string of the molecule is COc1ccc2sc(C(=O)NCc3n[nH]c(=S)n3C)c(C)c2c1. The maximum Gasteiger partial charge on any atom is 0.262 e. The third-order valence-electron chi connectivity index (χ3n) is 3.73. The van der Waals surface area contributed by atoms with Crippen molar-refractivity contribution in [3.8, 4) is 5.75 Å². The first-order valence-electron chi connectivity index (χ1n) is 6.97. The van der Waals surface area contributed by atoms with E-state index >= 15 is 0 Å². The lowest BCUT2D eigenvalue weighted by atomic mass is 10.1. The van der Waals surface area contributed by atoms with Crippen molar-refractivity contribution < 1.29 is 9.53 Å². The molecule has 0 unspecified atom stereocenters. The van der Waals surface area contributed by atoms with Gasteiger partial charge in [0, 0.05) is 11.7 Å². The number of nitrogens with one attached hydrogen (secondary N) is 2. The van der Waals surface area contributed by atoms with Gasteiger partial charge in [-0.15, -0.1) is 11.3 Å². The molecule has 8 heteroatoms. The van der Waals surface area contributed by atoms with Crippen LogP contribution < -0.4 is 10.1 Å². The molecule has 0 aliphatic rings. The van der Waals surface area contributed by atoms with Crippen molar-refractivity contribution in [3.05, 3.63) is 39.2 Å². The van der Waals surface area contributed by atoms with Crippen molar-refractivity contribution in [1.29, 1.82) is 0 Å². The first kappa shape index (κ1) is 15.7. The summed E-state index contributed by atoms with van der Waals surface area (Å²) in [6, 6.07) is 5.82. The van der Waals surface area contributed by atoms with Crippen LogP contribution in [0.3, 0.4) is 0 Å². The van der Waals surface area contributed by atoms with Crippen molar-refractivity contribution in [1.82, 2.24) is 20.1 Å². The van der Waals surface area contributed by atoms with E-state index in [1.54, 1.807) is 11.7 Å². The van der Waals surface area contributed by atoms with Crippen molar-refractivity contribution in [3.63, 3.8) is 0 Å². The standard InChI is InChI=1S/C15H16N4O2S2/c1-8-10-6-9(21-3)4-5-11(10)23-13(8)14(20)16-7-12-17-18-15(22)19(12)2/h4-6H,7H2,1-3H3,(H,16,20)(H,18,22). The Balaban J connectivity index is 1.84. The second-order valence-electron chi connectivity index (χ2n) is 5.10. The average Bonchev–Trinajstić information content (AvgIpc) is 3.06. The molecule has 0 aliphatic heterocycles. The average molecular weight is 348 g/mol. The van der Waals surface area contributed by atoms with Gasteiger partial charge in [-0.3, -0.25) is 9.89 Å². The minimum atomic E-state index is -0.114. The zero-order valence-corrected chi connectivity index (χ0v) is 14.6. The fourth-order valence-corrected chi connectivity index (χ4v) is 3.58. The number of H-pyrrole nitrogens is 1. The largest absolute Gasteiger partial charge is 0.497 e. The van der Waals surface area contributed by atoms with E-state index in [-0.39, 0.29) is 5.91 Å². The van der Waals surface area contributed by atoms with Crippen molar-refractivity contribution in [2.45, 2.75) is 13.5 Å². The van der Waals surface area contributed by atoms with Crippen LogP contribution in [0.2, 0.25) is 0 Å². The molecule has 2 heterocycles. The number of aromatic amines is 1. The number of nitrogens with zero attached hydrogens (tertiary/aromatic N) is 2. The van der Waals surface area contributed by atoms with Crippen molar-refractivity contribution in [2.24, 2.45) is 7.05 Å². The Bertz CT molecular complexity index is 939. The molecule has 120 valence electrons. The molecule has 0 bridgehead atoms. The summed E-state index contributed by atoms with van der Waals surface area (Å²) in [6.45, 7) is 2.27. The van der Waals surface area contributed by atoms with E-state index in [1.807, 2.05) is 32.2 Å². The van der Waals surface area contributed by atoms with Crippen LogP contribution in [0.25, 0.3) is 10.1 Å². The molecule has 3 rings (SSSR count). The molecule has 23 heavy (non-hydrogen) atoms. The van der Waals surface area contributed by atoms with Gasteiger partial charge < -0.3 is 14.6 Å². The molecule has 0 atom stereocenters. The normalized spacial score (nSPS) is 10.9. The first-order valence-corrected chi connectivity index (χ1v) is 8.19. The minimum absolute atomic E-state index is 0.114. The molecule has 0 saturated carbocycles. The summed E-state index contributed by atoms with van der Waals surface area (Å²) in [4.78, 5) is 13.2. The molecule has 0 fully saturated rings. The zero-order chi connectivity index (χ0) is 16.6. The zero-order valence-electron chi connectivity index (χ0n) is 13.0. The van der Waals surface area contributed by atoms with E-state index in [2.05, 4.69) is 15.5 Å². The van der Waals surface area contributed by atoms with Crippen LogP contribution in [-0.4, -0.2) is 27.8 Å². The Morgan fingerprint density at radius 3 is 2.96 bits per heavy atom. The lowest BCUT2D eigenvalue weighted by Gasteiger charge is -2.04. The van der Waals surface area contributed by atoms with Crippen molar-refractivity contribution >= 4 is 39.5 Å². The number of aromatic nitrogens is 3. The van der Waals surface area contributed by atoms with Gasteiger partial charge >= 0.3 is 0 Å². The molecule has 0 radical (unpaired) electrons. The summed E-state index contributed by atoms with van der Waals surface area (Å²) in [5.74, 6) is 1.35. The van der Waals surface area contributed by atoms with Gasteiger partial charge in [-0.1, -0.05) is 0 Å². The van der Waals surface area contributed by atoms with Crippen LogP contribution in [-0.2, 0) is 13.6 Å². The van der Waals surface area contributed by atoms with Crippen LogP contribution in [0.1, 0.15) is 21.1 Å². The molecule has 2 N–H and O–H groups in total. The molecule has 2 aromatic heterocycles. The molecular formula is C15H16N4O2S2. The highest BCUT2D eigenvalue weighted by molar-refractivity contribution is 7.71. The maximum absolute atomic E-state index is 12.5. The number of methoxy groups -OCH3 is 1. The van der Waals surface area contributed by atoms with Crippen LogP contribution >= 0.6 is 23.6 Å². The highest BCUT2D eigenvalue weighted by Crippen LogP contribution is 2.33. The molecular weight excluding hydrogens is 332 g/mol. The van der Waals surface area contributed by atoms with E-state index < -0.39 is 0 Å². The number of carbonyl (C=O) groups excluding carboxylic acids is 1. The van der Waals surface area contributed by atoms with E-state index in [1.165, 1.54) is 11.3 Å². The summed E-state index contributed by atoms with van der Waals surface area (Å²) in [5, 5.41) is 10.7. The van der Waals surface area contributed by atoms with Gasteiger partial charge in [-0.25, -0.2) is 0 Å². The number of carbonyl (C=O) groups is 1. The van der Waals surface area contributed by atoms with E-state index in [0.29, 0.717) is 22.0 Å². The van der Waals surface area contributed by atoms with Gasteiger partial charge in [0.15, 0.2) is 10.6 Å². The number of ether oxygens (including phenoxy) is 1. The van der Waals surface area contributed by atoms with Gasteiger partial charge in [0.25, 0.3) is 5.91 Å². The molecule has 6 nitrogen and oxygen atoms in total. The van der Waals surface area contributed by atoms with Gasteiger partial charge in [0.1, 0.15) is 5.75 Å². The van der Waals surface area contributed by atoms with Gasteiger partial charge in [-0.2, -0.15) is 5.10 Å². The molecule has 1 aromatic carbocycles. The number of amides is 1. The quantitative estimate of drug-likeness (QED) is 0.711. The third kappa shape index (κ3) is 2.87. The Morgan fingerprint density at radius 1 is 1.52 bits per heavy atom. The summed E-state index contributed by atoms with van der Waals surface area (Å²) in [7, 11) is 3.44. The summed E-state index contributed by atoms with van der Waals surface area (Å²) >= 11 is 6.53. The topological polar surface area (TPSA) is 71.9 Å². The Hall–Kier alpha value is -2.19. The van der Waals surface area contributed by atoms with Crippen LogP contribution in [0.5, 0.6) is 5.75 Å². The number of fused-ring (bicyclic) bond motifs is 1. The van der Waals surface area contributed by atoms with Gasteiger partial charge in [0.05, 0.1) is 18.5 Å². The van der Waals surface area contributed by atoms with Crippen LogP contribution in [0.4, 0.5) is 0 Å². The number of aryl methyl sites for hydroxylation is 1. The molecule has 0 aliphatic carbocycles. The number of hydrogen-bond donors (Lipinski definition) is 2.